The fourth-order valence-electron chi connectivity index (χ4n) is 3.20. The average Bonchev–Trinajstić information content (AvgIpc) is 2.74. The topological polar surface area (TPSA) is 129 Å². The predicted molar refractivity (Wildman–Crippen MR) is 117 cm³/mol. The lowest BCUT2D eigenvalue weighted by Crippen LogP contribution is -2.47. The highest BCUT2D eigenvalue weighted by atomic mass is 32.2. The molecule has 1 atom stereocenters. The Morgan fingerprint density at radius 3 is 2.42 bits per heavy atom. The number of amides is 1. The summed E-state index contributed by atoms with van der Waals surface area (Å²) in [6.45, 7) is 0.481. The van der Waals surface area contributed by atoms with Crippen molar-refractivity contribution in [1.82, 2.24) is 13.6 Å². The van der Waals surface area contributed by atoms with Crippen molar-refractivity contribution in [1.29, 1.82) is 0 Å². The molecule has 2 aromatic rings. The van der Waals surface area contributed by atoms with Gasteiger partial charge in [0, 0.05) is 39.1 Å². The first-order valence-corrected chi connectivity index (χ1v) is 12.5. The monoisotopic (exact) mass is 467 g/mol. The number of aromatic nitrogens is 1. The minimum Gasteiger partial charge on any atom is -0.326 e. The molecule has 0 unspecified atom stereocenters. The molecule has 31 heavy (non-hydrogen) atoms. The second kappa shape index (κ2) is 9.30. The molecule has 168 valence electrons. The van der Waals surface area contributed by atoms with Gasteiger partial charge in [-0.25, -0.2) is 8.42 Å². The first-order chi connectivity index (χ1) is 14.6. The number of hydrogen-bond donors (Lipinski definition) is 2. The number of carbonyl (C=O) groups is 1. The third kappa shape index (κ3) is 5.58. The summed E-state index contributed by atoms with van der Waals surface area (Å²) in [7, 11) is -4.46. The van der Waals surface area contributed by atoms with Crippen LogP contribution in [-0.4, -0.2) is 63.5 Å². The molecule has 0 spiro atoms. The van der Waals surface area contributed by atoms with Crippen molar-refractivity contribution in [2.75, 3.05) is 37.2 Å². The van der Waals surface area contributed by atoms with Crippen LogP contribution in [0.2, 0.25) is 0 Å². The van der Waals surface area contributed by atoms with E-state index in [1.807, 2.05) is 0 Å². The molecule has 2 heterocycles. The minimum absolute atomic E-state index is 0.0373. The largest absolute Gasteiger partial charge is 0.326 e. The Kier molecular flexibility index (Phi) is 6.94. The van der Waals surface area contributed by atoms with Crippen molar-refractivity contribution < 1.29 is 21.6 Å². The zero-order chi connectivity index (χ0) is 22.6. The van der Waals surface area contributed by atoms with Crippen LogP contribution in [0.5, 0.6) is 0 Å². The fourth-order valence-corrected chi connectivity index (χ4v) is 5.43. The van der Waals surface area contributed by atoms with Crippen molar-refractivity contribution >= 4 is 37.5 Å². The van der Waals surface area contributed by atoms with Crippen molar-refractivity contribution in [3.05, 3.63) is 48.8 Å². The molecule has 10 nitrogen and oxygen atoms in total. The number of rotatable bonds is 7. The summed E-state index contributed by atoms with van der Waals surface area (Å²) < 4.78 is 54.5. The van der Waals surface area contributed by atoms with Gasteiger partial charge in [0.15, 0.2) is 0 Å². The number of piperidine rings is 1. The van der Waals surface area contributed by atoms with E-state index < -0.39 is 26.2 Å². The quantitative estimate of drug-likeness (QED) is 0.632. The third-order valence-corrected chi connectivity index (χ3v) is 8.19. The molecular formula is C19H25N5O5S2. The van der Waals surface area contributed by atoms with Crippen LogP contribution in [0.3, 0.4) is 0 Å². The normalized spacial score (nSPS) is 18.0. The Bertz CT molecular complexity index is 1120. The molecule has 0 radical (unpaired) electrons. The Morgan fingerprint density at radius 1 is 1.10 bits per heavy atom. The number of nitrogens with zero attached hydrogens (tertiary/aromatic N) is 3. The first kappa shape index (κ1) is 23.1. The molecule has 1 aromatic carbocycles. The van der Waals surface area contributed by atoms with Crippen LogP contribution in [0.25, 0.3) is 0 Å². The van der Waals surface area contributed by atoms with Gasteiger partial charge in [-0.05, 0) is 49.2 Å². The van der Waals surface area contributed by atoms with Crippen molar-refractivity contribution in [2.24, 2.45) is 5.92 Å². The number of hydrogen-bond acceptors (Lipinski definition) is 6. The van der Waals surface area contributed by atoms with Crippen LogP contribution in [-0.2, 0) is 25.0 Å². The van der Waals surface area contributed by atoms with Gasteiger partial charge >= 0.3 is 0 Å². The molecule has 0 saturated carbocycles. The molecule has 12 heteroatoms. The van der Waals surface area contributed by atoms with Crippen molar-refractivity contribution in [2.45, 2.75) is 17.7 Å². The molecule has 3 rings (SSSR count). The Labute approximate surface area is 182 Å². The lowest BCUT2D eigenvalue weighted by atomic mass is 9.99. The lowest BCUT2D eigenvalue weighted by molar-refractivity contribution is -0.120. The molecule has 1 aliphatic rings. The zero-order valence-electron chi connectivity index (χ0n) is 17.2. The molecule has 0 bridgehead atoms. The van der Waals surface area contributed by atoms with Gasteiger partial charge < -0.3 is 5.32 Å². The number of anilines is 2. The van der Waals surface area contributed by atoms with Gasteiger partial charge in [0.2, 0.25) is 5.91 Å². The third-order valence-electron chi connectivity index (χ3n) is 4.89. The predicted octanol–water partition coefficient (Wildman–Crippen LogP) is 1.34. The zero-order valence-corrected chi connectivity index (χ0v) is 18.9. The summed E-state index contributed by atoms with van der Waals surface area (Å²) >= 11 is 0. The second-order valence-electron chi connectivity index (χ2n) is 7.35. The molecule has 0 aliphatic carbocycles. The number of pyridine rings is 1. The molecular weight excluding hydrogens is 442 g/mol. The van der Waals surface area contributed by atoms with Gasteiger partial charge in [0.25, 0.3) is 20.2 Å². The van der Waals surface area contributed by atoms with E-state index in [0.29, 0.717) is 30.8 Å². The summed E-state index contributed by atoms with van der Waals surface area (Å²) in [5, 5.41) is 2.74. The highest BCUT2D eigenvalue weighted by Crippen LogP contribution is 2.23. The molecule has 1 saturated heterocycles. The van der Waals surface area contributed by atoms with Crippen molar-refractivity contribution in [3.8, 4) is 0 Å². The van der Waals surface area contributed by atoms with Gasteiger partial charge in [-0.2, -0.15) is 17.0 Å². The van der Waals surface area contributed by atoms with E-state index >= 15 is 0 Å². The summed E-state index contributed by atoms with van der Waals surface area (Å²) in [6, 6.07) is 8.96. The maximum Gasteiger partial charge on any atom is 0.281 e. The lowest BCUT2D eigenvalue weighted by Gasteiger charge is -2.32. The van der Waals surface area contributed by atoms with Gasteiger partial charge in [0.05, 0.1) is 22.7 Å². The van der Waals surface area contributed by atoms with E-state index in [-0.39, 0.29) is 17.3 Å². The van der Waals surface area contributed by atoms with Crippen LogP contribution in [0.1, 0.15) is 12.8 Å². The molecule has 2 N–H and O–H groups in total. The van der Waals surface area contributed by atoms with E-state index in [1.54, 1.807) is 12.1 Å². The fraction of sp³-hybridized carbons (Fsp3) is 0.368. The highest BCUT2D eigenvalue weighted by molar-refractivity contribution is 7.92. The van der Waals surface area contributed by atoms with E-state index in [2.05, 4.69) is 15.0 Å². The second-order valence-corrected chi connectivity index (χ2v) is 11.2. The number of sulfonamides is 1. The molecule has 1 aromatic heterocycles. The highest BCUT2D eigenvalue weighted by Gasteiger charge is 2.33. The molecule has 1 amide bonds. The Morgan fingerprint density at radius 2 is 1.81 bits per heavy atom. The van der Waals surface area contributed by atoms with Crippen LogP contribution >= 0.6 is 0 Å². The summed E-state index contributed by atoms with van der Waals surface area (Å²) in [5.74, 6) is -0.790. The Hall–Kier alpha value is -2.54. The number of benzene rings is 1. The standard InChI is InChI=1S/C19H25N5O5S2/c1-23(2)31(28,29)24-12-4-5-15(14-24)19(25)21-16-7-9-18(10-8-16)30(26,27)22-17-6-3-11-20-13-17/h3,6-11,13,15,22H,4-5,12,14H2,1-2H3,(H,21,25)/t15-/m1/s1. The van der Waals surface area contributed by atoms with Gasteiger partial charge in [-0.15, -0.1) is 0 Å². The SMILES string of the molecule is CN(C)S(=O)(=O)N1CCC[C@@H](C(=O)Nc2ccc(S(=O)(=O)Nc3cccnc3)cc2)C1. The summed E-state index contributed by atoms with van der Waals surface area (Å²) in [6.07, 6.45) is 4.10. The molecule has 1 aliphatic heterocycles. The smallest absolute Gasteiger partial charge is 0.281 e. The number of nitrogens with one attached hydrogen (secondary N) is 2. The Balaban J connectivity index is 1.65. The molecule has 1 fully saturated rings. The van der Waals surface area contributed by atoms with E-state index in [9.17, 15) is 21.6 Å². The average molecular weight is 468 g/mol. The maximum atomic E-state index is 12.6. The first-order valence-electron chi connectivity index (χ1n) is 9.61. The van der Waals surface area contributed by atoms with Gasteiger partial charge in [0.1, 0.15) is 0 Å². The van der Waals surface area contributed by atoms with Crippen LogP contribution in [0.4, 0.5) is 11.4 Å². The summed E-state index contributed by atoms with van der Waals surface area (Å²) in [4.78, 5) is 16.6. The van der Waals surface area contributed by atoms with Crippen LogP contribution < -0.4 is 10.0 Å². The maximum absolute atomic E-state index is 12.6. The van der Waals surface area contributed by atoms with E-state index in [4.69, 9.17) is 0 Å². The van der Waals surface area contributed by atoms with Gasteiger partial charge in [-0.3, -0.25) is 14.5 Å². The van der Waals surface area contributed by atoms with Gasteiger partial charge in [-0.1, -0.05) is 0 Å². The van der Waals surface area contributed by atoms with E-state index in [1.165, 1.54) is 55.1 Å². The van der Waals surface area contributed by atoms with Crippen LogP contribution in [0, 0.1) is 5.92 Å². The van der Waals surface area contributed by atoms with E-state index in [0.717, 1.165) is 4.31 Å². The minimum atomic E-state index is -3.79. The van der Waals surface area contributed by atoms with Crippen molar-refractivity contribution in [3.63, 3.8) is 0 Å². The summed E-state index contributed by atoms with van der Waals surface area (Å²) in [5.41, 5.74) is 0.771. The number of carbonyl (C=O) groups excluding carboxylic acids is 1. The van der Waals surface area contributed by atoms with Crippen LogP contribution in [0.15, 0.2) is 53.7 Å².